The number of likely N-dealkylation sites (tertiary alicyclic amines) is 1. The van der Waals surface area contributed by atoms with Crippen molar-refractivity contribution >= 4 is 22.6 Å². The smallest absolute Gasteiger partial charge is 0.451 e. The van der Waals surface area contributed by atoms with E-state index in [0.717, 1.165) is 55.9 Å². The Bertz CT molecular complexity index is 1970. The van der Waals surface area contributed by atoms with Gasteiger partial charge in [-0.25, -0.2) is 9.37 Å². The highest BCUT2D eigenvalue weighted by molar-refractivity contribution is 6.30. The van der Waals surface area contributed by atoms with Gasteiger partial charge in [-0.05, 0) is 74.7 Å². The van der Waals surface area contributed by atoms with Gasteiger partial charge in [-0.2, -0.15) is 13.2 Å². The maximum atomic E-state index is 14.6. The zero-order valence-electron chi connectivity index (χ0n) is 25.6. The lowest BCUT2D eigenvalue weighted by molar-refractivity contribution is -0.144. The van der Waals surface area contributed by atoms with E-state index in [4.69, 9.17) is 30.8 Å². The Morgan fingerprint density at radius 3 is 2.54 bits per heavy atom. The van der Waals surface area contributed by atoms with E-state index in [0.29, 0.717) is 46.3 Å². The van der Waals surface area contributed by atoms with E-state index in [1.807, 2.05) is 18.2 Å². The minimum atomic E-state index is -4.61. The molecule has 2 atom stereocenters. The van der Waals surface area contributed by atoms with Crippen molar-refractivity contribution in [3.05, 3.63) is 88.2 Å². The Kier molecular flexibility index (Phi) is 8.00. The molecule has 0 radical (unpaired) electrons. The summed E-state index contributed by atoms with van der Waals surface area (Å²) in [5, 5.41) is 7.30. The molecule has 48 heavy (non-hydrogen) atoms. The van der Waals surface area contributed by atoms with Crippen LogP contribution in [-0.4, -0.2) is 62.0 Å². The zero-order chi connectivity index (χ0) is 33.0. The fraction of sp³-hybridized carbons (Fsp3) is 0.382. The number of imidazole rings is 1. The fourth-order valence-electron chi connectivity index (χ4n) is 6.77. The first-order valence-corrected chi connectivity index (χ1v) is 16.3. The number of halogens is 5. The first-order valence-electron chi connectivity index (χ1n) is 15.9. The molecule has 0 bridgehead atoms. The van der Waals surface area contributed by atoms with Crippen LogP contribution in [0.4, 0.5) is 17.6 Å². The topological polar surface area (TPSA) is 90.3 Å². The molecule has 1 N–H and O–H groups in total. The van der Waals surface area contributed by atoms with Crippen LogP contribution in [0, 0.1) is 5.82 Å². The number of benzene rings is 3. The number of nitrogens with zero attached hydrogens (tertiary/aromatic N) is 5. The number of H-pyrrole nitrogens is 1. The number of fused-ring (bicyclic) bond motifs is 2. The van der Waals surface area contributed by atoms with Gasteiger partial charge in [0.1, 0.15) is 18.2 Å². The third-order valence-electron chi connectivity index (χ3n) is 9.40. The number of hydrogen-bond acceptors (Lipinski definition) is 7. The van der Waals surface area contributed by atoms with Crippen molar-refractivity contribution in [2.75, 3.05) is 26.3 Å². The van der Waals surface area contributed by atoms with Gasteiger partial charge < -0.3 is 23.8 Å². The predicted octanol–water partition coefficient (Wildman–Crippen LogP) is 7.31. The summed E-state index contributed by atoms with van der Waals surface area (Å²) in [6, 6.07) is 15.8. The van der Waals surface area contributed by atoms with E-state index in [9.17, 15) is 17.6 Å². The summed E-state index contributed by atoms with van der Waals surface area (Å²) < 4.78 is 74.2. The number of para-hydroxylation sites is 1. The van der Waals surface area contributed by atoms with Crippen LogP contribution in [0.2, 0.25) is 5.02 Å². The Labute approximate surface area is 277 Å². The molecule has 3 aliphatic heterocycles. The second-order valence-corrected chi connectivity index (χ2v) is 12.9. The Morgan fingerprint density at radius 1 is 0.979 bits per heavy atom. The largest absolute Gasteiger partial charge is 0.485 e. The maximum absolute atomic E-state index is 14.6. The molecule has 5 aromatic rings. The van der Waals surface area contributed by atoms with Crippen LogP contribution < -0.4 is 9.47 Å². The van der Waals surface area contributed by atoms with E-state index in [1.165, 1.54) is 6.07 Å². The van der Waals surface area contributed by atoms with Gasteiger partial charge in [0.05, 0.1) is 30.2 Å². The summed E-state index contributed by atoms with van der Waals surface area (Å²) in [7, 11) is 0. The lowest BCUT2D eigenvalue weighted by atomic mass is 9.88. The SMILES string of the molecule is Fc1cc(Cl)ccc1C1COc2c(cccc2C2CCN(Cc3nc4cc(-c5nnc(C(F)(F)F)[nH]5)ccc4n3C[C@@H]3CCO3)CC2)O1. The molecule has 0 spiro atoms. The van der Waals surface area contributed by atoms with Crippen molar-refractivity contribution in [3.63, 3.8) is 0 Å². The van der Waals surface area contributed by atoms with Gasteiger partial charge in [-0.15, -0.1) is 10.2 Å². The zero-order valence-corrected chi connectivity index (χ0v) is 26.4. The van der Waals surface area contributed by atoms with Gasteiger partial charge in [0.2, 0.25) is 5.82 Å². The van der Waals surface area contributed by atoms with Gasteiger partial charge in [-0.3, -0.25) is 4.90 Å². The molecular formula is C34H31ClF4N6O3. The third kappa shape index (κ3) is 5.99. The van der Waals surface area contributed by atoms with E-state index >= 15 is 0 Å². The summed E-state index contributed by atoms with van der Waals surface area (Å²) in [5.41, 5.74) is 3.53. The summed E-state index contributed by atoms with van der Waals surface area (Å²) >= 11 is 5.93. The van der Waals surface area contributed by atoms with Crippen LogP contribution in [-0.2, 0) is 24.0 Å². The average molecular weight is 683 g/mol. The number of alkyl halides is 3. The number of ether oxygens (including phenoxy) is 3. The van der Waals surface area contributed by atoms with Crippen LogP contribution >= 0.6 is 11.6 Å². The molecule has 14 heteroatoms. The van der Waals surface area contributed by atoms with Gasteiger partial charge in [0.25, 0.3) is 0 Å². The lowest BCUT2D eigenvalue weighted by Crippen LogP contribution is -2.35. The van der Waals surface area contributed by atoms with Gasteiger partial charge in [0.15, 0.2) is 23.4 Å². The number of nitrogens with one attached hydrogen (secondary N) is 1. The van der Waals surface area contributed by atoms with Crippen LogP contribution in [0.15, 0.2) is 54.6 Å². The van der Waals surface area contributed by atoms with E-state index in [2.05, 4.69) is 30.7 Å². The number of aromatic nitrogens is 5. The monoisotopic (exact) mass is 682 g/mol. The Hall–Kier alpha value is -4.20. The first-order chi connectivity index (χ1) is 23.2. The highest BCUT2D eigenvalue weighted by Crippen LogP contribution is 2.44. The molecule has 2 saturated heterocycles. The first kappa shape index (κ1) is 31.1. The van der Waals surface area contributed by atoms with Gasteiger partial charge in [0, 0.05) is 28.3 Å². The van der Waals surface area contributed by atoms with Crippen LogP contribution in [0.5, 0.6) is 11.5 Å². The van der Waals surface area contributed by atoms with Gasteiger partial charge >= 0.3 is 6.18 Å². The Balaban J connectivity index is 0.979. The molecule has 2 fully saturated rings. The van der Waals surface area contributed by atoms with Crippen molar-refractivity contribution in [1.29, 1.82) is 0 Å². The number of piperidine rings is 1. The molecule has 8 rings (SSSR count). The molecule has 250 valence electrons. The van der Waals surface area contributed by atoms with Crippen molar-refractivity contribution in [1.82, 2.24) is 29.6 Å². The molecule has 5 heterocycles. The standard InChI is InChI=1S/C34H31ClF4N6O3/c35-21-5-6-24(25(36)15-21)29-18-47-31-23(2-1-3-28(31)48-29)19-8-11-44(12-9-19)17-30-40-26-14-20(32-41-33(43-42-32)34(37,38)39)4-7-27(26)45(30)16-22-10-13-46-22/h1-7,14-15,19,22,29H,8-13,16-18H2,(H,41,42,43)/t22-,29?/m0/s1. The third-order valence-corrected chi connectivity index (χ3v) is 9.63. The molecule has 9 nitrogen and oxygen atoms in total. The minimum absolute atomic E-state index is 0.0369. The highest BCUT2D eigenvalue weighted by Gasteiger charge is 2.36. The molecule has 3 aromatic carbocycles. The number of hydrogen-bond donors (Lipinski definition) is 1. The molecular weight excluding hydrogens is 652 g/mol. The fourth-order valence-corrected chi connectivity index (χ4v) is 6.93. The van der Waals surface area contributed by atoms with Crippen LogP contribution in [0.3, 0.4) is 0 Å². The van der Waals surface area contributed by atoms with Crippen molar-refractivity contribution in [2.24, 2.45) is 0 Å². The molecule has 1 unspecified atom stereocenters. The lowest BCUT2D eigenvalue weighted by Gasteiger charge is -2.35. The summed E-state index contributed by atoms with van der Waals surface area (Å²) in [6.45, 7) is 3.86. The van der Waals surface area contributed by atoms with Crippen LogP contribution in [0.25, 0.3) is 22.4 Å². The van der Waals surface area contributed by atoms with Crippen molar-refractivity contribution in [2.45, 2.75) is 56.7 Å². The average Bonchev–Trinajstić information content (AvgIpc) is 3.68. The number of aromatic amines is 1. The summed E-state index contributed by atoms with van der Waals surface area (Å²) in [6.07, 6.45) is -2.32. The van der Waals surface area contributed by atoms with Crippen LogP contribution in [0.1, 0.15) is 54.1 Å². The van der Waals surface area contributed by atoms with Crippen molar-refractivity contribution < 1.29 is 31.8 Å². The maximum Gasteiger partial charge on any atom is 0.451 e. The van der Waals surface area contributed by atoms with E-state index in [1.54, 1.807) is 24.3 Å². The van der Waals surface area contributed by atoms with Gasteiger partial charge in [-0.1, -0.05) is 29.8 Å². The number of rotatable bonds is 7. The molecule has 0 saturated carbocycles. The molecule has 3 aliphatic rings. The molecule has 0 aliphatic carbocycles. The highest BCUT2D eigenvalue weighted by atomic mass is 35.5. The normalized spacial score (nSPS) is 20.3. The molecule has 0 amide bonds. The summed E-state index contributed by atoms with van der Waals surface area (Å²) in [4.78, 5) is 9.59. The quantitative estimate of drug-likeness (QED) is 0.180. The summed E-state index contributed by atoms with van der Waals surface area (Å²) in [5.74, 6) is 0.930. The second kappa shape index (κ2) is 12.4. The predicted molar refractivity (Wildman–Crippen MR) is 168 cm³/mol. The van der Waals surface area contributed by atoms with E-state index < -0.39 is 23.9 Å². The van der Waals surface area contributed by atoms with Crippen molar-refractivity contribution in [3.8, 4) is 22.9 Å². The van der Waals surface area contributed by atoms with E-state index in [-0.39, 0.29) is 24.5 Å². The second-order valence-electron chi connectivity index (χ2n) is 12.5. The Morgan fingerprint density at radius 2 is 1.81 bits per heavy atom. The minimum Gasteiger partial charge on any atom is -0.485 e. The molecule has 2 aromatic heterocycles.